The van der Waals surface area contributed by atoms with Gasteiger partial charge in [0.05, 0.1) is 6.20 Å². The van der Waals surface area contributed by atoms with Gasteiger partial charge in [0, 0.05) is 30.6 Å². The Balaban J connectivity index is 2.46. The molecule has 0 unspecified atom stereocenters. The Morgan fingerprint density at radius 3 is 2.86 bits per heavy atom. The molecular formula is C9H8N4O. The van der Waals surface area contributed by atoms with Crippen molar-refractivity contribution < 1.29 is 4.79 Å². The molecule has 0 radical (unpaired) electrons. The number of aldehydes is 1. The van der Waals surface area contributed by atoms with Crippen LogP contribution in [0.3, 0.4) is 0 Å². The maximum absolute atomic E-state index is 10.5. The molecule has 0 amide bonds. The van der Waals surface area contributed by atoms with Crippen molar-refractivity contribution in [2.24, 2.45) is 7.05 Å². The molecule has 0 spiro atoms. The molecule has 0 bridgehead atoms. The van der Waals surface area contributed by atoms with Gasteiger partial charge >= 0.3 is 0 Å². The van der Waals surface area contributed by atoms with Gasteiger partial charge in [-0.15, -0.1) is 0 Å². The highest BCUT2D eigenvalue weighted by Gasteiger charge is 2.02. The summed E-state index contributed by atoms with van der Waals surface area (Å²) in [6.07, 6.45) is 5.54. The van der Waals surface area contributed by atoms with Crippen LogP contribution in [0.25, 0.3) is 11.3 Å². The number of hydrogen-bond donors (Lipinski definition) is 0. The summed E-state index contributed by atoms with van der Waals surface area (Å²) in [7, 11) is 1.74. The van der Waals surface area contributed by atoms with E-state index in [1.807, 2.05) is 0 Å². The van der Waals surface area contributed by atoms with Crippen molar-refractivity contribution in [2.75, 3.05) is 0 Å². The average molecular weight is 188 g/mol. The van der Waals surface area contributed by atoms with Crippen molar-refractivity contribution in [1.29, 1.82) is 0 Å². The maximum atomic E-state index is 10.5. The molecular weight excluding hydrogens is 180 g/mol. The van der Waals surface area contributed by atoms with Gasteiger partial charge in [-0.05, 0) is 6.07 Å². The molecule has 0 aromatic carbocycles. The molecule has 14 heavy (non-hydrogen) atoms. The molecule has 0 N–H and O–H groups in total. The Kier molecular flexibility index (Phi) is 2.06. The number of pyridine rings is 1. The summed E-state index contributed by atoms with van der Waals surface area (Å²) >= 11 is 0. The molecule has 0 aliphatic heterocycles. The Labute approximate surface area is 80.4 Å². The molecule has 0 atom stereocenters. The topological polar surface area (TPSA) is 60.7 Å². The van der Waals surface area contributed by atoms with Gasteiger partial charge < -0.3 is 0 Å². The summed E-state index contributed by atoms with van der Waals surface area (Å²) in [4.78, 5) is 15.9. The highest BCUT2D eigenvalue weighted by molar-refractivity contribution is 5.77. The van der Waals surface area contributed by atoms with E-state index in [0.717, 1.165) is 11.8 Å². The first-order chi connectivity index (χ1) is 6.79. The maximum Gasteiger partial charge on any atom is 0.151 e. The number of carbonyl (C=O) groups is 1. The van der Waals surface area contributed by atoms with Gasteiger partial charge in [0.2, 0.25) is 0 Å². The predicted octanol–water partition coefficient (Wildman–Crippen LogP) is 0.690. The normalized spacial score (nSPS) is 10.1. The van der Waals surface area contributed by atoms with Gasteiger partial charge in [-0.1, -0.05) is 0 Å². The van der Waals surface area contributed by atoms with Gasteiger partial charge in [0.15, 0.2) is 6.29 Å². The number of carbonyl (C=O) groups excluding carboxylic acids is 1. The van der Waals surface area contributed by atoms with Crippen LogP contribution in [0.2, 0.25) is 0 Å². The van der Waals surface area contributed by atoms with Crippen molar-refractivity contribution in [3.63, 3.8) is 0 Å². The first-order valence-corrected chi connectivity index (χ1v) is 4.06. The largest absolute Gasteiger partial charge is 0.298 e. The summed E-state index contributed by atoms with van der Waals surface area (Å²) < 4.78 is 0. The lowest BCUT2D eigenvalue weighted by molar-refractivity contribution is 0.112. The fraction of sp³-hybridized carbons (Fsp3) is 0.111. The fourth-order valence-electron chi connectivity index (χ4n) is 1.14. The van der Waals surface area contributed by atoms with Gasteiger partial charge in [0.25, 0.3) is 0 Å². The van der Waals surface area contributed by atoms with E-state index in [9.17, 15) is 4.79 Å². The fourth-order valence-corrected chi connectivity index (χ4v) is 1.14. The monoisotopic (exact) mass is 188 g/mol. The molecule has 2 aromatic heterocycles. The van der Waals surface area contributed by atoms with E-state index < -0.39 is 0 Å². The number of rotatable bonds is 2. The van der Waals surface area contributed by atoms with Crippen molar-refractivity contribution in [3.8, 4) is 11.3 Å². The molecule has 0 fully saturated rings. The molecule has 2 heterocycles. The lowest BCUT2D eigenvalue weighted by Gasteiger charge is -1.95. The lowest BCUT2D eigenvalue weighted by Crippen LogP contribution is -1.92. The minimum absolute atomic E-state index is 0.535. The van der Waals surface area contributed by atoms with Crippen molar-refractivity contribution in [1.82, 2.24) is 20.0 Å². The van der Waals surface area contributed by atoms with Gasteiger partial charge in [-0.25, -0.2) is 0 Å². The Bertz CT molecular complexity index is 463. The Hall–Kier alpha value is -2.04. The Morgan fingerprint density at radius 1 is 1.36 bits per heavy atom. The van der Waals surface area contributed by atoms with Crippen LogP contribution in [0, 0.1) is 0 Å². The van der Waals surface area contributed by atoms with E-state index in [1.165, 1.54) is 11.0 Å². The van der Waals surface area contributed by atoms with Crippen molar-refractivity contribution in [2.45, 2.75) is 0 Å². The van der Waals surface area contributed by atoms with E-state index in [-0.39, 0.29) is 0 Å². The number of hydrogen-bond acceptors (Lipinski definition) is 4. The molecule has 70 valence electrons. The van der Waals surface area contributed by atoms with E-state index in [4.69, 9.17) is 0 Å². The molecule has 5 heteroatoms. The van der Waals surface area contributed by atoms with Crippen LogP contribution in [-0.4, -0.2) is 26.3 Å². The summed E-state index contributed by atoms with van der Waals surface area (Å²) in [6.45, 7) is 0. The zero-order chi connectivity index (χ0) is 9.97. The summed E-state index contributed by atoms with van der Waals surface area (Å²) in [5.41, 5.74) is 2.04. The average Bonchev–Trinajstić information content (AvgIpc) is 2.65. The van der Waals surface area contributed by atoms with Gasteiger partial charge in [-0.3, -0.25) is 9.78 Å². The van der Waals surface area contributed by atoms with Crippen LogP contribution in [0.5, 0.6) is 0 Å². The molecule has 0 saturated carbocycles. The van der Waals surface area contributed by atoms with Crippen molar-refractivity contribution in [3.05, 3.63) is 30.2 Å². The first kappa shape index (κ1) is 8.55. The zero-order valence-corrected chi connectivity index (χ0v) is 7.58. The third kappa shape index (κ3) is 1.52. The summed E-state index contributed by atoms with van der Waals surface area (Å²) in [6, 6.07) is 1.73. The van der Waals surface area contributed by atoms with E-state index in [2.05, 4.69) is 15.2 Å². The molecule has 2 rings (SSSR count). The second-order valence-electron chi connectivity index (χ2n) is 2.84. The van der Waals surface area contributed by atoms with E-state index in [1.54, 1.807) is 25.5 Å². The van der Waals surface area contributed by atoms with Crippen LogP contribution >= 0.6 is 0 Å². The molecule has 5 nitrogen and oxygen atoms in total. The minimum atomic E-state index is 0.535. The standard InChI is InChI=1S/C9H8N4O/c1-13-11-5-9(12-13)8-2-7(6-14)3-10-4-8/h2-6H,1H3. The Morgan fingerprint density at radius 2 is 2.21 bits per heavy atom. The van der Waals surface area contributed by atoms with Crippen LogP contribution in [0.1, 0.15) is 10.4 Å². The predicted molar refractivity (Wildman–Crippen MR) is 49.6 cm³/mol. The smallest absolute Gasteiger partial charge is 0.151 e. The van der Waals surface area contributed by atoms with E-state index >= 15 is 0 Å². The highest BCUT2D eigenvalue weighted by atomic mass is 16.1. The highest BCUT2D eigenvalue weighted by Crippen LogP contribution is 2.14. The van der Waals surface area contributed by atoms with Crippen LogP contribution in [0.4, 0.5) is 0 Å². The third-order valence-electron chi connectivity index (χ3n) is 1.79. The third-order valence-corrected chi connectivity index (χ3v) is 1.79. The molecule has 0 aliphatic carbocycles. The second-order valence-corrected chi connectivity index (χ2v) is 2.84. The SMILES string of the molecule is Cn1ncc(-c2cncc(C=O)c2)n1. The van der Waals surface area contributed by atoms with Crippen LogP contribution < -0.4 is 0 Å². The quantitative estimate of drug-likeness (QED) is 0.650. The van der Waals surface area contributed by atoms with Crippen LogP contribution in [-0.2, 0) is 7.05 Å². The second kappa shape index (κ2) is 3.37. The summed E-state index contributed by atoms with van der Waals surface area (Å²) in [5.74, 6) is 0. The summed E-state index contributed by atoms with van der Waals surface area (Å²) in [5, 5.41) is 8.04. The van der Waals surface area contributed by atoms with E-state index in [0.29, 0.717) is 11.3 Å². The molecule has 2 aromatic rings. The number of aromatic nitrogens is 4. The molecule has 0 aliphatic rings. The number of aryl methyl sites for hydroxylation is 1. The zero-order valence-electron chi connectivity index (χ0n) is 7.58. The number of nitrogens with zero attached hydrogens (tertiary/aromatic N) is 4. The lowest BCUT2D eigenvalue weighted by atomic mass is 10.2. The van der Waals surface area contributed by atoms with Crippen molar-refractivity contribution >= 4 is 6.29 Å². The van der Waals surface area contributed by atoms with Gasteiger partial charge in [-0.2, -0.15) is 15.0 Å². The first-order valence-electron chi connectivity index (χ1n) is 4.06. The minimum Gasteiger partial charge on any atom is -0.298 e. The van der Waals surface area contributed by atoms with Crippen LogP contribution in [0.15, 0.2) is 24.7 Å². The van der Waals surface area contributed by atoms with Gasteiger partial charge in [0.1, 0.15) is 5.69 Å². The molecule has 0 saturated heterocycles.